The first-order valence-corrected chi connectivity index (χ1v) is 8.36. The molecule has 2 rings (SSSR count). The van der Waals surface area contributed by atoms with E-state index in [0.717, 1.165) is 19.4 Å². The van der Waals surface area contributed by atoms with E-state index >= 15 is 0 Å². The molecule has 0 saturated carbocycles. The van der Waals surface area contributed by atoms with Gasteiger partial charge in [0.25, 0.3) is 5.91 Å². The third kappa shape index (κ3) is 4.85. The summed E-state index contributed by atoms with van der Waals surface area (Å²) in [6.45, 7) is 1.99. The van der Waals surface area contributed by atoms with Gasteiger partial charge in [-0.15, -0.1) is 0 Å². The van der Waals surface area contributed by atoms with Crippen LogP contribution in [0.25, 0.3) is 0 Å². The molecule has 1 saturated heterocycles. The quantitative estimate of drug-likeness (QED) is 0.802. The highest BCUT2D eigenvalue weighted by Crippen LogP contribution is 2.30. The molecule has 0 aliphatic carbocycles. The molecule has 1 atom stereocenters. The summed E-state index contributed by atoms with van der Waals surface area (Å²) in [6.07, 6.45) is 1.91. The van der Waals surface area contributed by atoms with Gasteiger partial charge in [0.2, 0.25) is 5.91 Å². The first kappa shape index (κ1) is 19.1. The second-order valence-corrected chi connectivity index (χ2v) is 6.03. The number of amides is 2. The Balaban J connectivity index is 1.95. The lowest BCUT2D eigenvalue weighted by Crippen LogP contribution is -2.44. The van der Waals surface area contributed by atoms with E-state index in [1.54, 1.807) is 23.1 Å². The van der Waals surface area contributed by atoms with Crippen LogP contribution >= 0.6 is 0 Å². The van der Waals surface area contributed by atoms with E-state index in [0.29, 0.717) is 30.2 Å². The van der Waals surface area contributed by atoms with Crippen molar-refractivity contribution >= 4 is 11.8 Å². The predicted octanol–water partition coefficient (Wildman–Crippen LogP) is 1.32. The maximum Gasteiger partial charge on any atom is 0.255 e. The fourth-order valence-electron chi connectivity index (χ4n) is 3.07. The Morgan fingerprint density at radius 1 is 1.24 bits per heavy atom. The van der Waals surface area contributed by atoms with Crippen molar-refractivity contribution in [1.29, 1.82) is 0 Å². The van der Waals surface area contributed by atoms with Gasteiger partial charge in [0.1, 0.15) is 6.61 Å². The highest BCUT2D eigenvalue weighted by atomic mass is 16.5. The van der Waals surface area contributed by atoms with Gasteiger partial charge in [-0.25, -0.2) is 0 Å². The Labute approximate surface area is 148 Å². The van der Waals surface area contributed by atoms with Crippen LogP contribution in [0.5, 0.6) is 11.5 Å². The van der Waals surface area contributed by atoms with Crippen LogP contribution < -0.4 is 14.8 Å². The maximum atomic E-state index is 12.5. The van der Waals surface area contributed by atoms with Crippen molar-refractivity contribution in [2.24, 2.45) is 5.92 Å². The molecule has 0 radical (unpaired) electrons. The van der Waals surface area contributed by atoms with E-state index in [1.807, 2.05) is 0 Å². The monoisotopic (exact) mass is 350 g/mol. The zero-order chi connectivity index (χ0) is 18.2. The molecule has 0 aromatic heterocycles. The first-order valence-electron chi connectivity index (χ1n) is 8.36. The summed E-state index contributed by atoms with van der Waals surface area (Å²) in [5, 5.41) is 2.94. The summed E-state index contributed by atoms with van der Waals surface area (Å²) in [4.78, 5) is 26.2. The van der Waals surface area contributed by atoms with Gasteiger partial charge in [0.15, 0.2) is 11.5 Å². The smallest absolute Gasteiger partial charge is 0.255 e. The summed E-state index contributed by atoms with van der Waals surface area (Å²) in [5.41, 5.74) is 0.435. The van der Waals surface area contributed by atoms with Gasteiger partial charge in [-0.1, -0.05) is 6.07 Å². The summed E-state index contributed by atoms with van der Waals surface area (Å²) >= 11 is 0. The summed E-state index contributed by atoms with van der Waals surface area (Å²) < 4.78 is 15.4. The molecule has 0 spiro atoms. The Bertz CT molecular complexity index is 605. The van der Waals surface area contributed by atoms with Crippen LogP contribution in [0.1, 0.15) is 23.2 Å². The van der Waals surface area contributed by atoms with E-state index in [1.165, 1.54) is 21.3 Å². The first-order chi connectivity index (χ1) is 12.1. The number of nitrogens with zero attached hydrogens (tertiary/aromatic N) is 1. The number of ether oxygens (including phenoxy) is 3. The molecule has 25 heavy (non-hydrogen) atoms. The number of hydrogen-bond acceptors (Lipinski definition) is 5. The normalized spacial score (nSPS) is 17.1. The molecular formula is C18H26N2O5. The minimum absolute atomic E-state index is 0.00649. The summed E-state index contributed by atoms with van der Waals surface area (Å²) in [7, 11) is 4.56. The number of carbonyl (C=O) groups is 2. The topological polar surface area (TPSA) is 77.1 Å². The number of hydrogen-bond donors (Lipinski definition) is 1. The Hall–Kier alpha value is -2.28. The largest absolute Gasteiger partial charge is 0.493 e. The lowest BCUT2D eigenvalue weighted by atomic mass is 9.97. The third-order valence-corrected chi connectivity index (χ3v) is 4.34. The van der Waals surface area contributed by atoms with Crippen molar-refractivity contribution in [1.82, 2.24) is 10.2 Å². The minimum Gasteiger partial charge on any atom is -0.493 e. The van der Waals surface area contributed by atoms with Crippen LogP contribution in [-0.4, -0.2) is 64.3 Å². The number of para-hydroxylation sites is 1. The highest BCUT2D eigenvalue weighted by Gasteiger charge is 2.24. The number of methoxy groups -OCH3 is 3. The number of piperidine rings is 1. The third-order valence-electron chi connectivity index (χ3n) is 4.34. The zero-order valence-electron chi connectivity index (χ0n) is 15.0. The van der Waals surface area contributed by atoms with Gasteiger partial charge >= 0.3 is 0 Å². The zero-order valence-corrected chi connectivity index (χ0v) is 15.0. The number of nitrogens with one attached hydrogen (secondary N) is 1. The molecule has 1 aliphatic heterocycles. The molecule has 0 bridgehead atoms. The summed E-state index contributed by atoms with van der Waals surface area (Å²) in [6, 6.07) is 5.20. The number of carbonyl (C=O) groups excluding carboxylic acids is 2. The highest BCUT2D eigenvalue weighted by molar-refractivity contribution is 5.97. The molecule has 1 heterocycles. The van der Waals surface area contributed by atoms with E-state index < -0.39 is 0 Å². The molecule has 7 nitrogen and oxygen atoms in total. The lowest BCUT2D eigenvalue weighted by molar-refractivity contribution is -0.136. The molecule has 1 N–H and O–H groups in total. The van der Waals surface area contributed by atoms with Crippen molar-refractivity contribution in [3.8, 4) is 11.5 Å². The van der Waals surface area contributed by atoms with Gasteiger partial charge in [-0.2, -0.15) is 0 Å². The summed E-state index contributed by atoms with van der Waals surface area (Å²) in [5.74, 6) is 0.950. The molecule has 1 aromatic rings. The van der Waals surface area contributed by atoms with Gasteiger partial charge in [-0.05, 0) is 30.9 Å². The fourth-order valence-corrected chi connectivity index (χ4v) is 3.07. The van der Waals surface area contributed by atoms with Crippen LogP contribution in [0.3, 0.4) is 0 Å². The van der Waals surface area contributed by atoms with Crippen LogP contribution in [0.15, 0.2) is 18.2 Å². The van der Waals surface area contributed by atoms with Crippen LogP contribution in [-0.2, 0) is 9.53 Å². The lowest BCUT2D eigenvalue weighted by Gasteiger charge is -2.32. The molecule has 138 valence electrons. The molecule has 7 heteroatoms. The average molecular weight is 350 g/mol. The van der Waals surface area contributed by atoms with Gasteiger partial charge in [-0.3, -0.25) is 9.59 Å². The Morgan fingerprint density at radius 2 is 2.04 bits per heavy atom. The van der Waals surface area contributed by atoms with Crippen molar-refractivity contribution < 1.29 is 23.8 Å². The van der Waals surface area contributed by atoms with Crippen LogP contribution in [0, 0.1) is 5.92 Å². The average Bonchev–Trinajstić information content (AvgIpc) is 2.65. The molecular weight excluding hydrogens is 324 g/mol. The Morgan fingerprint density at radius 3 is 2.72 bits per heavy atom. The SMILES string of the molecule is COCC(=O)N1CCCC(CNC(=O)c2cccc(OC)c2OC)C1. The van der Waals surface area contributed by atoms with Crippen LogP contribution in [0.4, 0.5) is 0 Å². The van der Waals surface area contributed by atoms with E-state index in [2.05, 4.69) is 5.32 Å². The maximum absolute atomic E-state index is 12.5. The van der Waals surface area contributed by atoms with E-state index in [-0.39, 0.29) is 24.3 Å². The molecule has 1 aliphatic rings. The predicted molar refractivity (Wildman–Crippen MR) is 93.1 cm³/mol. The number of benzene rings is 1. The van der Waals surface area contributed by atoms with Gasteiger partial charge in [0, 0.05) is 26.7 Å². The standard InChI is InChI=1S/C18H26N2O5/c1-23-12-16(21)20-9-5-6-13(11-20)10-19-18(22)14-7-4-8-15(24-2)17(14)25-3/h4,7-8,13H,5-6,9-12H2,1-3H3,(H,19,22). The van der Waals surface area contributed by atoms with Crippen LogP contribution in [0.2, 0.25) is 0 Å². The minimum atomic E-state index is -0.212. The van der Waals surface area contributed by atoms with Crippen molar-refractivity contribution in [2.45, 2.75) is 12.8 Å². The fraction of sp³-hybridized carbons (Fsp3) is 0.556. The van der Waals surface area contributed by atoms with Gasteiger partial charge in [0.05, 0.1) is 19.8 Å². The molecule has 2 amide bonds. The second kappa shape index (κ2) is 9.27. The molecule has 1 aromatic carbocycles. The van der Waals surface area contributed by atoms with Crippen molar-refractivity contribution in [3.63, 3.8) is 0 Å². The molecule has 1 fully saturated rings. The Kier molecular flexibility index (Phi) is 7.06. The number of rotatable bonds is 7. The van der Waals surface area contributed by atoms with E-state index in [4.69, 9.17) is 14.2 Å². The van der Waals surface area contributed by atoms with Crippen molar-refractivity contribution in [3.05, 3.63) is 23.8 Å². The molecule has 1 unspecified atom stereocenters. The number of likely N-dealkylation sites (tertiary alicyclic amines) is 1. The van der Waals surface area contributed by atoms with Crippen molar-refractivity contribution in [2.75, 3.05) is 47.6 Å². The van der Waals surface area contributed by atoms with Gasteiger partial charge < -0.3 is 24.4 Å². The van der Waals surface area contributed by atoms with E-state index in [9.17, 15) is 9.59 Å². The second-order valence-electron chi connectivity index (χ2n) is 6.03.